The van der Waals surface area contributed by atoms with Gasteiger partial charge in [-0.2, -0.15) is 0 Å². The molecule has 1 nitrogen and oxygen atoms in total. The van der Waals surface area contributed by atoms with Gasteiger partial charge in [-0.3, -0.25) is 0 Å². The fourth-order valence-corrected chi connectivity index (χ4v) is 0.289. The Hall–Kier alpha value is -0.0200. The minimum absolute atomic E-state index is 0.150. The van der Waals surface area contributed by atoms with Crippen LogP contribution in [0.25, 0.3) is 0 Å². The van der Waals surface area contributed by atoms with Gasteiger partial charge in [0.1, 0.15) is 0 Å². The molecule has 0 saturated carbocycles. The zero-order valence-corrected chi connectivity index (χ0v) is 4.94. The SMILES string of the molecule is CC=[O+]C(=S)[S-]. The topological polar surface area (TPSA) is 11.3 Å². The number of hydrogen-bond acceptors (Lipinski definition) is 2. The van der Waals surface area contributed by atoms with Crippen molar-refractivity contribution in [3.8, 4) is 0 Å². The minimum Gasteiger partial charge on any atom is -0.323 e. The lowest BCUT2D eigenvalue weighted by molar-refractivity contribution is -0.297. The van der Waals surface area contributed by atoms with E-state index < -0.39 is 0 Å². The Morgan fingerprint density at radius 1 is 2.00 bits per heavy atom. The van der Waals surface area contributed by atoms with Gasteiger partial charge in [0.25, 0.3) is 10.7 Å². The van der Waals surface area contributed by atoms with Crippen LogP contribution in [0.1, 0.15) is 6.92 Å². The normalized spacial score (nSPS) is 9.50. The number of aldehydes is 1. The van der Waals surface area contributed by atoms with Crippen LogP contribution in [-0.4, -0.2) is 10.7 Å². The van der Waals surface area contributed by atoms with E-state index in [0.717, 1.165) is 0 Å². The zero-order chi connectivity index (χ0) is 4.99. The van der Waals surface area contributed by atoms with Crippen molar-refractivity contribution in [1.82, 2.24) is 0 Å². The van der Waals surface area contributed by atoms with Crippen LogP contribution >= 0.6 is 12.2 Å². The van der Waals surface area contributed by atoms with Crippen LogP contribution in [0.2, 0.25) is 0 Å². The maximum atomic E-state index is 4.46. The van der Waals surface area contributed by atoms with Crippen LogP contribution in [0.15, 0.2) is 0 Å². The molecule has 0 aliphatic heterocycles. The molecule has 0 aliphatic rings. The molecule has 0 spiro atoms. The van der Waals surface area contributed by atoms with Crippen molar-refractivity contribution < 1.29 is 4.42 Å². The lowest BCUT2D eigenvalue weighted by atomic mass is 10.9. The molecule has 0 fully saturated rings. The molecular formula is C3H4OS2. The van der Waals surface area contributed by atoms with Crippen LogP contribution in [0.4, 0.5) is 0 Å². The van der Waals surface area contributed by atoms with E-state index in [1.165, 1.54) is 6.29 Å². The molecule has 0 bridgehead atoms. The van der Waals surface area contributed by atoms with Gasteiger partial charge >= 0.3 is 0 Å². The molecule has 0 aromatic carbocycles. The van der Waals surface area contributed by atoms with Crippen molar-refractivity contribution in [2.45, 2.75) is 6.92 Å². The predicted octanol–water partition coefficient (Wildman–Crippen LogP) is 0.573. The summed E-state index contributed by atoms with van der Waals surface area (Å²) in [6, 6.07) is 0. The van der Waals surface area contributed by atoms with Crippen LogP contribution in [-0.2, 0) is 17.1 Å². The molecule has 6 heavy (non-hydrogen) atoms. The van der Waals surface area contributed by atoms with Gasteiger partial charge in [-0.05, 0) is 0 Å². The summed E-state index contributed by atoms with van der Waals surface area (Å²) in [5.74, 6) is 0. The Bertz CT molecular complexity index is 76.9. The average molecular weight is 120 g/mol. The summed E-state index contributed by atoms with van der Waals surface area (Å²) in [6.45, 7) is 1.72. The van der Waals surface area contributed by atoms with Gasteiger partial charge in [0.05, 0.1) is 0 Å². The highest BCUT2D eigenvalue weighted by molar-refractivity contribution is 7.99. The molecule has 0 N–H and O–H groups in total. The molecule has 0 atom stereocenters. The molecule has 0 aliphatic carbocycles. The molecule has 0 heterocycles. The lowest BCUT2D eigenvalue weighted by Gasteiger charge is -1.71. The van der Waals surface area contributed by atoms with E-state index in [1.54, 1.807) is 6.92 Å². The Labute approximate surface area is 47.5 Å². The molecule has 0 amide bonds. The van der Waals surface area contributed by atoms with E-state index in [9.17, 15) is 0 Å². The molecule has 0 radical (unpaired) electrons. The largest absolute Gasteiger partial charge is 0.323 e. The van der Waals surface area contributed by atoms with Gasteiger partial charge in [-0.15, -0.1) is 0 Å². The van der Waals surface area contributed by atoms with Gasteiger partial charge in [0.2, 0.25) is 0 Å². The first-order valence-electron chi connectivity index (χ1n) is 1.43. The summed E-state index contributed by atoms with van der Waals surface area (Å²) in [7, 11) is 0. The van der Waals surface area contributed by atoms with Gasteiger partial charge in [-0.1, -0.05) is 0 Å². The summed E-state index contributed by atoms with van der Waals surface area (Å²) in [5, 5.41) is 0. The van der Waals surface area contributed by atoms with Crippen molar-refractivity contribution in [2.24, 2.45) is 0 Å². The Morgan fingerprint density at radius 3 is 2.50 bits per heavy atom. The molecule has 0 aromatic rings. The quantitative estimate of drug-likeness (QED) is 0.200. The van der Waals surface area contributed by atoms with Gasteiger partial charge in [0, 0.05) is 6.92 Å². The van der Waals surface area contributed by atoms with Crippen molar-refractivity contribution in [2.75, 3.05) is 0 Å². The summed E-state index contributed by atoms with van der Waals surface area (Å²) in [4.78, 5) is 0. The zero-order valence-electron chi connectivity index (χ0n) is 3.30. The number of carbonyl (C=O) groups excluding carboxylic acids is 1. The molecule has 0 unspecified atom stereocenters. The molecule has 0 saturated heterocycles. The number of rotatable bonds is 0. The van der Waals surface area contributed by atoms with Crippen LogP contribution in [0.3, 0.4) is 0 Å². The first-order valence-corrected chi connectivity index (χ1v) is 2.24. The monoisotopic (exact) mass is 120 g/mol. The van der Waals surface area contributed by atoms with E-state index in [4.69, 9.17) is 0 Å². The van der Waals surface area contributed by atoms with E-state index in [-0.39, 0.29) is 4.38 Å². The van der Waals surface area contributed by atoms with Crippen molar-refractivity contribution >= 4 is 35.5 Å². The van der Waals surface area contributed by atoms with E-state index >= 15 is 0 Å². The van der Waals surface area contributed by atoms with Gasteiger partial charge in [0.15, 0.2) is 0 Å². The van der Waals surface area contributed by atoms with E-state index in [2.05, 4.69) is 29.3 Å². The third-order valence-corrected chi connectivity index (χ3v) is 0.407. The van der Waals surface area contributed by atoms with Crippen molar-refractivity contribution in [3.63, 3.8) is 0 Å². The van der Waals surface area contributed by atoms with E-state index in [0.29, 0.717) is 0 Å². The van der Waals surface area contributed by atoms with Gasteiger partial charge < -0.3 is 24.8 Å². The highest BCUT2D eigenvalue weighted by atomic mass is 32.1. The Balaban J connectivity index is 3.30. The van der Waals surface area contributed by atoms with Crippen LogP contribution < -0.4 is 0 Å². The summed E-state index contributed by atoms with van der Waals surface area (Å²) >= 11 is 8.71. The minimum atomic E-state index is 0.150. The van der Waals surface area contributed by atoms with Crippen molar-refractivity contribution in [3.05, 3.63) is 0 Å². The molecule has 0 rings (SSSR count). The van der Waals surface area contributed by atoms with Crippen LogP contribution in [0.5, 0.6) is 0 Å². The molecule has 0 aromatic heterocycles. The van der Waals surface area contributed by atoms with Gasteiger partial charge in [-0.25, -0.2) is 4.42 Å². The Morgan fingerprint density at radius 2 is 2.50 bits per heavy atom. The standard InChI is InChI=1S/C3H4OS2/c1-2-4-3(5)6/h2H,1H3. The predicted molar refractivity (Wildman–Crippen MR) is 31.7 cm³/mol. The first-order chi connectivity index (χ1) is 2.77. The lowest BCUT2D eigenvalue weighted by Crippen LogP contribution is -1.84. The smallest absolute Gasteiger partial charge is 0.289 e. The third-order valence-electron chi connectivity index (χ3n) is 0.214. The number of thiocarbonyl (C=S) groups is 1. The van der Waals surface area contributed by atoms with Crippen LogP contribution in [0, 0.1) is 0 Å². The van der Waals surface area contributed by atoms with Crippen molar-refractivity contribution in [1.29, 1.82) is 0 Å². The highest BCUT2D eigenvalue weighted by Gasteiger charge is 1.73. The second-order valence-corrected chi connectivity index (χ2v) is 1.60. The number of hydrogen-bond donors (Lipinski definition) is 0. The summed E-state index contributed by atoms with van der Waals surface area (Å²) in [5.41, 5.74) is 0. The highest BCUT2D eigenvalue weighted by Crippen LogP contribution is 1.61. The second-order valence-electron chi connectivity index (χ2n) is 0.604. The molecular weight excluding hydrogens is 116 g/mol. The maximum absolute atomic E-state index is 4.46. The fourth-order valence-electron chi connectivity index (χ4n) is 0.0962. The fraction of sp³-hybridized carbons (Fsp3) is 0.333. The Kier molecular flexibility index (Phi) is 3.17. The summed E-state index contributed by atoms with van der Waals surface area (Å²) < 4.78 is 4.61. The first kappa shape index (κ1) is 5.98. The maximum Gasteiger partial charge on any atom is 0.289 e. The van der Waals surface area contributed by atoms with E-state index in [1.807, 2.05) is 0 Å². The molecule has 34 valence electrons. The second kappa shape index (κ2) is 3.18. The third kappa shape index (κ3) is 3.98. The summed E-state index contributed by atoms with van der Waals surface area (Å²) in [6.07, 6.45) is 1.45. The molecule has 3 heteroatoms. The average Bonchev–Trinajstić information content (AvgIpc) is 1.35.